The summed E-state index contributed by atoms with van der Waals surface area (Å²) in [6.45, 7) is 4.44. The van der Waals surface area contributed by atoms with E-state index in [0.717, 1.165) is 0 Å². The predicted molar refractivity (Wildman–Crippen MR) is 85.9 cm³/mol. The number of rotatable bonds is 1. The van der Waals surface area contributed by atoms with Gasteiger partial charge in [-0.05, 0) is 30.2 Å². The van der Waals surface area contributed by atoms with Crippen molar-refractivity contribution in [3.8, 4) is 0 Å². The minimum absolute atomic E-state index is 0.473. The van der Waals surface area contributed by atoms with Gasteiger partial charge in [0.05, 0.1) is 0 Å². The van der Waals surface area contributed by atoms with Crippen molar-refractivity contribution in [3.63, 3.8) is 0 Å². The molecule has 2 aromatic carbocycles. The molecule has 0 amide bonds. The molecule has 0 saturated carbocycles. The molecule has 0 fully saturated rings. The van der Waals surface area contributed by atoms with Crippen molar-refractivity contribution < 1.29 is 20.8 Å². The maximum absolute atomic E-state index is 4.93. The average molecular weight is 382 g/mol. The summed E-state index contributed by atoms with van der Waals surface area (Å²) in [5.41, 5.74) is 4.32. The Morgan fingerprint density at radius 1 is 0.850 bits per heavy atom. The fourth-order valence-electron chi connectivity index (χ4n) is 2.81. The van der Waals surface area contributed by atoms with Gasteiger partial charge >= 0.3 is 37.9 Å². The van der Waals surface area contributed by atoms with Gasteiger partial charge in [0, 0.05) is 5.92 Å². The van der Waals surface area contributed by atoms with Crippen LogP contribution < -0.4 is 0 Å². The van der Waals surface area contributed by atoms with Gasteiger partial charge in [0.25, 0.3) is 0 Å². The number of fused-ring (bicyclic) bond motifs is 1. The van der Waals surface area contributed by atoms with Crippen molar-refractivity contribution in [1.29, 1.82) is 0 Å². The van der Waals surface area contributed by atoms with E-state index < -0.39 is 20.8 Å². The van der Waals surface area contributed by atoms with Crippen LogP contribution in [0.1, 0.15) is 25.3 Å². The predicted octanol–water partition coefficient (Wildman–Crippen LogP) is 6.21. The first-order chi connectivity index (χ1) is 9.69. The molecule has 20 heavy (non-hydrogen) atoms. The minimum atomic E-state index is -0.826. The average Bonchev–Trinajstić information content (AvgIpc) is 2.78. The van der Waals surface area contributed by atoms with Crippen LogP contribution in [0.2, 0.25) is 0 Å². The van der Waals surface area contributed by atoms with Crippen LogP contribution in [-0.2, 0) is 20.8 Å². The summed E-state index contributed by atoms with van der Waals surface area (Å²) in [7, 11) is 9.87. The Kier molecular flexibility index (Phi) is 6.08. The van der Waals surface area contributed by atoms with Gasteiger partial charge in [0.1, 0.15) is 0 Å². The van der Waals surface area contributed by atoms with Crippen molar-refractivity contribution in [2.24, 2.45) is 0 Å². The zero-order chi connectivity index (χ0) is 14.5. The van der Waals surface area contributed by atoms with Gasteiger partial charge in [-0.25, -0.2) is 0 Å². The second-order valence-corrected chi connectivity index (χ2v) is 8.63. The van der Waals surface area contributed by atoms with Crippen LogP contribution in [0.25, 0.3) is 10.8 Å². The molecule has 0 nitrogen and oxygen atoms in total. The van der Waals surface area contributed by atoms with Crippen LogP contribution in [0.5, 0.6) is 0 Å². The Bertz CT molecular complexity index is 636. The summed E-state index contributed by atoms with van der Waals surface area (Å²) in [5.74, 6) is 0.473. The Morgan fingerprint density at radius 2 is 1.40 bits per heavy atom. The van der Waals surface area contributed by atoms with E-state index in [1.165, 1.54) is 27.5 Å². The van der Waals surface area contributed by atoms with Crippen LogP contribution in [0.3, 0.4) is 0 Å². The molecule has 1 aliphatic rings. The maximum atomic E-state index is 4.93. The Morgan fingerprint density at radius 3 is 2.05 bits per heavy atom. The SMILES string of the molecule is CC1=CC=C(C)C1c1cccc2ccccc12.[Cl][Zr][Cl]. The van der Waals surface area contributed by atoms with Gasteiger partial charge in [-0.2, -0.15) is 0 Å². The van der Waals surface area contributed by atoms with Crippen LogP contribution >= 0.6 is 17.0 Å². The zero-order valence-corrected chi connectivity index (χ0v) is 15.5. The number of hydrogen-bond donors (Lipinski definition) is 0. The van der Waals surface area contributed by atoms with Gasteiger partial charge in [0.2, 0.25) is 0 Å². The third-order valence-corrected chi connectivity index (χ3v) is 3.65. The molecule has 0 unspecified atom stereocenters. The molecule has 0 radical (unpaired) electrons. The van der Waals surface area contributed by atoms with E-state index in [0.29, 0.717) is 5.92 Å². The van der Waals surface area contributed by atoms with Crippen molar-refractivity contribution in [3.05, 3.63) is 71.3 Å². The molecule has 0 aliphatic heterocycles. The zero-order valence-electron chi connectivity index (χ0n) is 11.5. The molecule has 0 bridgehead atoms. The van der Waals surface area contributed by atoms with E-state index in [1.54, 1.807) is 0 Å². The molecule has 0 aromatic heterocycles. The normalized spacial score (nSPS) is 14.4. The summed E-state index contributed by atoms with van der Waals surface area (Å²) in [6, 6.07) is 15.2. The Labute approximate surface area is 139 Å². The molecule has 102 valence electrons. The van der Waals surface area contributed by atoms with Crippen molar-refractivity contribution in [2.75, 3.05) is 0 Å². The number of benzene rings is 2. The van der Waals surface area contributed by atoms with E-state index in [4.69, 9.17) is 17.0 Å². The van der Waals surface area contributed by atoms with Crippen molar-refractivity contribution in [2.45, 2.75) is 19.8 Å². The fourth-order valence-corrected chi connectivity index (χ4v) is 2.81. The molecule has 2 aromatic rings. The molecular formula is C17H16Cl2Zr. The van der Waals surface area contributed by atoms with Crippen LogP contribution in [-0.4, -0.2) is 0 Å². The molecule has 0 N–H and O–H groups in total. The van der Waals surface area contributed by atoms with Crippen molar-refractivity contribution >= 4 is 27.8 Å². The van der Waals surface area contributed by atoms with E-state index in [-0.39, 0.29) is 0 Å². The van der Waals surface area contributed by atoms with E-state index in [9.17, 15) is 0 Å². The van der Waals surface area contributed by atoms with Crippen LogP contribution in [0.15, 0.2) is 65.8 Å². The summed E-state index contributed by atoms with van der Waals surface area (Å²) in [6.07, 6.45) is 4.48. The Balaban J connectivity index is 0.000000452. The summed E-state index contributed by atoms with van der Waals surface area (Å²) in [5, 5.41) is 2.71. The van der Waals surface area contributed by atoms with Gasteiger partial charge in [-0.15, -0.1) is 0 Å². The molecule has 0 atom stereocenters. The first-order valence-electron chi connectivity index (χ1n) is 6.48. The topological polar surface area (TPSA) is 0 Å². The first-order valence-corrected chi connectivity index (χ1v) is 12.8. The van der Waals surface area contributed by atoms with Gasteiger partial charge < -0.3 is 0 Å². The third kappa shape index (κ3) is 3.45. The monoisotopic (exact) mass is 380 g/mol. The van der Waals surface area contributed by atoms with Crippen LogP contribution in [0.4, 0.5) is 0 Å². The van der Waals surface area contributed by atoms with Crippen LogP contribution in [0, 0.1) is 0 Å². The number of allylic oxidation sites excluding steroid dienone is 4. The molecule has 0 heterocycles. The number of halogens is 2. The first kappa shape index (κ1) is 16.0. The second kappa shape index (κ2) is 7.59. The summed E-state index contributed by atoms with van der Waals surface area (Å²) < 4.78 is 0. The van der Waals surface area contributed by atoms with Crippen molar-refractivity contribution in [1.82, 2.24) is 0 Å². The Hall–Kier alpha value is -0.357. The van der Waals surface area contributed by atoms with E-state index in [2.05, 4.69) is 68.5 Å². The molecule has 0 spiro atoms. The summed E-state index contributed by atoms with van der Waals surface area (Å²) in [4.78, 5) is 0. The molecule has 3 rings (SSSR count). The molecule has 3 heteroatoms. The fraction of sp³-hybridized carbons (Fsp3) is 0.176. The standard InChI is InChI=1S/C17H16.2ClH.Zr/c1-12-10-11-13(2)17(12)16-9-5-7-14-6-3-4-8-15(14)16;;;/h3-11,17H,1-2H3;2*1H;/q;;;+2/p-2. The molecular weight excluding hydrogens is 366 g/mol. The third-order valence-electron chi connectivity index (χ3n) is 3.65. The number of hydrogen-bond acceptors (Lipinski definition) is 0. The van der Waals surface area contributed by atoms with Gasteiger partial charge in [0.15, 0.2) is 0 Å². The second-order valence-electron chi connectivity index (χ2n) is 4.89. The van der Waals surface area contributed by atoms with Gasteiger partial charge in [-0.3, -0.25) is 0 Å². The molecule has 0 saturated heterocycles. The van der Waals surface area contributed by atoms with Gasteiger partial charge in [-0.1, -0.05) is 65.8 Å². The summed E-state index contributed by atoms with van der Waals surface area (Å²) >= 11 is -0.826. The molecule has 1 aliphatic carbocycles. The quantitative estimate of drug-likeness (QED) is 0.550. The van der Waals surface area contributed by atoms with E-state index in [1.807, 2.05) is 0 Å². The van der Waals surface area contributed by atoms with E-state index >= 15 is 0 Å².